The van der Waals surface area contributed by atoms with Crippen molar-refractivity contribution in [1.29, 1.82) is 0 Å². The van der Waals surface area contributed by atoms with E-state index in [4.69, 9.17) is 4.74 Å². The quantitative estimate of drug-likeness (QED) is 0.857. The number of amides is 2. The number of aromatic nitrogens is 3. The van der Waals surface area contributed by atoms with Crippen molar-refractivity contribution in [3.63, 3.8) is 0 Å². The van der Waals surface area contributed by atoms with E-state index < -0.39 is 0 Å². The lowest BCUT2D eigenvalue weighted by Gasteiger charge is -2.34. The number of hydrogen-bond donors (Lipinski definition) is 0. The van der Waals surface area contributed by atoms with Gasteiger partial charge in [-0.05, 0) is 25.0 Å². The summed E-state index contributed by atoms with van der Waals surface area (Å²) in [5.41, 5.74) is 2.15. The van der Waals surface area contributed by atoms with Gasteiger partial charge in [0.2, 0.25) is 0 Å². The van der Waals surface area contributed by atoms with Crippen molar-refractivity contribution in [2.24, 2.45) is 7.05 Å². The van der Waals surface area contributed by atoms with Crippen LogP contribution in [0.2, 0.25) is 0 Å². The number of carbonyl (C=O) groups is 1. The molecule has 0 unspecified atom stereocenters. The number of urea groups is 1. The zero-order valence-electron chi connectivity index (χ0n) is 14.5. The Balaban J connectivity index is 1.51. The average Bonchev–Trinajstić information content (AvgIpc) is 3.28. The van der Waals surface area contributed by atoms with E-state index in [2.05, 4.69) is 10.1 Å². The maximum absolute atomic E-state index is 12.8. The second-order valence-corrected chi connectivity index (χ2v) is 6.77. The molecule has 25 heavy (non-hydrogen) atoms. The fraction of sp³-hybridized carbons (Fsp3) is 0.500. The molecule has 2 amide bonds. The molecule has 7 heteroatoms. The monoisotopic (exact) mass is 341 g/mol. The summed E-state index contributed by atoms with van der Waals surface area (Å²) in [6, 6.07) is 3.88. The molecule has 1 saturated heterocycles. The van der Waals surface area contributed by atoms with E-state index in [1.54, 1.807) is 12.4 Å². The van der Waals surface area contributed by atoms with Gasteiger partial charge in [-0.25, -0.2) is 4.79 Å². The first-order valence-corrected chi connectivity index (χ1v) is 8.80. The highest BCUT2D eigenvalue weighted by atomic mass is 16.5. The predicted molar refractivity (Wildman–Crippen MR) is 92.3 cm³/mol. The molecule has 2 aromatic heterocycles. The summed E-state index contributed by atoms with van der Waals surface area (Å²) >= 11 is 0. The molecule has 1 atom stereocenters. The molecule has 0 bridgehead atoms. The van der Waals surface area contributed by atoms with Crippen LogP contribution in [0.5, 0.6) is 5.75 Å². The molecule has 0 N–H and O–H groups in total. The van der Waals surface area contributed by atoms with Crippen LogP contribution in [0.1, 0.15) is 30.0 Å². The van der Waals surface area contributed by atoms with Gasteiger partial charge in [-0.1, -0.05) is 0 Å². The Hall–Kier alpha value is -2.57. The summed E-state index contributed by atoms with van der Waals surface area (Å²) < 4.78 is 7.73. The van der Waals surface area contributed by atoms with E-state index in [-0.39, 0.29) is 11.9 Å². The van der Waals surface area contributed by atoms with Crippen molar-refractivity contribution in [3.05, 3.63) is 42.0 Å². The highest BCUT2D eigenvalue weighted by Crippen LogP contribution is 2.29. The van der Waals surface area contributed by atoms with Crippen LogP contribution in [0.15, 0.2) is 30.7 Å². The van der Waals surface area contributed by atoms with E-state index in [0.29, 0.717) is 19.7 Å². The van der Waals surface area contributed by atoms with Crippen molar-refractivity contribution in [1.82, 2.24) is 24.6 Å². The first-order valence-electron chi connectivity index (χ1n) is 8.80. The zero-order valence-corrected chi connectivity index (χ0v) is 14.5. The van der Waals surface area contributed by atoms with Crippen LogP contribution >= 0.6 is 0 Å². The van der Waals surface area contributed by atoms with Crippen molar-refractivity contribution in [2.45, 2.75) is 25.3 Å². The van der Waals surface area contributed by atoms with Crippen LogP contribution in [0.4, 0.5) is 4.79 Å². The summed E-state index contributed by atoms with van der Waals surface area (Å²) in [6.45, 7) is 3.49. The Labute approximate surface area is 147 Å². The molecule has 2 aromatic rings. The van der Waals surface area contributed by atoms with E-state index in [0.717, 1.165) is 42.9 Å². The number of likely N-dealkylation sites (tertiary alicyclic amines) is 1. The van der Waals surface area contributed by atoms with E-state index in [1.165, 1.54) is 0 Å². The molecule has 0 radical (unpaired) electrons. The van der Waals surface area contributed by atoms with E-state index in [9.17, 15) is 4.79 Å². The molecule has 2 aliphatic rings. The fourth-order valence-corrected chi connectivity index (χ4v) is 3.66. The van der Waals surface area contributed by atoms with Gasteiger partial charge in [0.25, 0.3) is 0 Å². The molecule has 4 rings (SSSR count). The minimum absolute atomic E-state index is 0.0664. The molecular weight excluding hydrogens is 318 g/mol. The second kappa shape index (κ2) is 6.74. The SMILES string of the molecule is Cn1cc2c(n1)[C@H](COc1cccnc1)CN(C(=O)N1CCCC1)C2. The van der Waals surface area contributed by atoms with Gasteiger partial charge < -0.3 is 14.5 Å². The van der Waals surface area contributed by atoms with E-state index in [1.807, 2.05) is 39.9 Å². The third-order valence-corrected chi connectivity index (χ3v) is 4.86. The maximum Gasteiger partial charge on any atom is 0.320 e. The molecule has 1 fully saturated rings. The second-order valence-electron chi connectivity index (χ2n) is 6.77. The molecular formula is C18H23N5O2. The van der Waals surface area contributed by atoms with Crippen molar-refractivity contribution < 1.29 is 9.53 Å². The maximum atomic E-state index is 12.8. The molecule has 4 heterocycles. The van der Waals surface area contributed by atoms with Gasteiger partial charge in [-0.2, -0.15) is 5.10 Å². The first kappa shape index (κ1) is 15.9. The first-order chi connectivity index (χ1) is 12.2. The Kier molecular flexibility index (Phi) is 4.29. The topological polar surface area (TPSA) is 63.5 Å². The number of ether oxygens (including phenoxy) is 1. The third-order valence-electron chi connectivity index (χ3n) is 4.86. The van der Waals surface area contributed by atoms with Gasteiger partial charge in [0, 0.05) is 44.6 Å². The third kappa shape index (κ3) is 3.31. The van der Waals surface area contributed by atoms with Crippen LogP contribution in [0.3, 0.4) is 0 Å². The summed E-state index contributed by atoms with van der Waals surface area (Å²) in [5.74, 6) is 0.805. The molecule has 7 nitrogen and oxygen atoms in total. The molecule has 0 spiro atoms. The predicted octanol–water partition coefficient (Wildman–Crippen LogP) is 2.01. The van der Waals surface area contributed by atoms with Crippen LogP contribution in [-0.4, -0.2) is 56.8 Å². The van der Waals surface area contributed by atoms with Gasteiger partial charge in [0.1, 0.15) is 5.75 Å². The van der Waals surface area contributed by atoms with Gasteiger partial charge in [0.15, 0.2) is 0 Å². The highest BCUT2D eigenvalue weighted by molar-refractivity contribution is 5.75. The number of rotatable bonds is 3. The number of hydrogen-bond acceptors (Lipinski definition) is 4. The Morgan fingerprint density at radius 1 is 1.32 bits per heavy atom. The number of nitrogens with zero attached hydrogens (tertiary/aromatic N) is 5. The Morgan fingerprint density at radius 3 is 2.92 bits per heavy atom. The molecule has 2 aliphatic heterocycles. The average molecular weight is 341 g/mol. The summed E-state index contributed by atoms with van der Waals surface area (Å²) in [5, 5.41) is 4.61. The lowest BCUT2D eigenvalue weighted by Crippen LogP contribution is -2.46. The van der Waals surface area contributed by atoms with Crippen LogP contribution in [0, 0.1) is 0 Å². The fourth-order valence-electron chi connectivity index (χ4n) is 3.66. The normalized spacial score (nSPS) is 19.8. The molecule has 0 aromatic carbocycles. The lowest BCUT2D eigenvalue weighted by atomic mass is 9.97. The van der Waals surface area contributed by atoms with Crippen molar-refractivity contribution in [3.8, 4) is 5.75 Å². The lowest BCUT2D eigenvalue weighted by molar-refractivity contribution is 0.143. The van der Waals surface area contributed by atoms with Gasteiger partial charge >= 0.3 is 6.03 Å². The molecule has 0 saturated carbocycles. The summed E-state index contributed by atoms with van der Waals surface area (Å²) in [7, 11) is 1.92. The Bertz CT molecular complexity index is 739. The molecule has 0 aliphatic carbocycles. The summed E-state index contributed by atoms with van der Waals surface area (Å²) in [6.07, 6.45) is 7.64. The van der Waals surface area contributed by atoms with Crippen molar-refractivity contribution >= 4 is 6.03 Å². The van der Waals surface area contributed by atoms with E-state index >= 15 is 0 Å². The van der Waals surface area contributed by atoms with Crippen LogP contribution in [0.25, 0.3) is 0 Å². The molecule has 132 valence electrons. The van der Waals surface area contributed by atoms with Crippen molar-refractivity contribution in [2.75, 3.05) is 26.2 Å². The Morgan fingerprint density at radius 2 is 2.16 bits per heavy atom. The highest BCUT2D eigenvalue weighted by Gasteiger charge is 2.33. The number of fused-ring (bicyclic) bond motifs is 1. The number of carbonyl (C=O) groups excluding carboxylic acids is 1. The van der Waals surface area contributed by atoms with Gasteiger partial charge in [-0.3, -0.25) is 9.67 Å². The number of aryl methyl sites for hydroxylation is 1. The standard InChI is InChI=1S/C18H23N5O2/c1-21-10-14-11-23(18(24)22-7-2-3-8-22)12-15(17(14)20-21)13-25-16-5-4-6-19-9-16/h4-6,9-10,15H,2-3,7-8,11-13H2,1H3/t15-/m0/s1. The summed E-state index contributed by atoms with van der Waals surface area (Å²) in [4.78, 5) is 20.8. The minimum atomic E-state index is 0.0664. The zero-order chi connectivity index (χ0) is 17.2. The number of pyridine rings is 1. The smallest absolute Gasteiger partial charge is 0.320 e. The van der Waals surface area contributed by atoms with Crippen LogP contribution < -0.4 is 4.74 Å². The van der Waals surface area contributed by atoms with Gasteiger partial charge in [0.05, 0.1) is 31.0 Å². The minimum Gasteiger partial charge on any atom is -0.491 e. The van der Waals surface area contributed by atoms with Gasteiger partial charge in [-0.15, -0.1) is 0 Å². The van der Waals surface area contributed by atoms with Crippen LogP contribution in [-0.2, 0) is 13.6 Å². The largest absolute Gasteiger partial charge is 0.491 e.